The van der Waals surface area contributed by atoms with Crippen molar-refractivity contribution in [2.45, 2.75) is 11.3 Å². The number of nitrogens with zero attached hydrogens (tertiary/aromatic N) is 3. The van der Waals surface area contributed by atoms with E-state index in [0.717, 1.165) is 39.7 Å². The molecule has 7 nitrogen and oxygen atoms in total. The maximum absolute atomic E-state index is 14.8. The van der Waals surface area contributed by atoms with E-state index in [-0.39, 0.29) is 42.6 Å². The highest BCUT2D eigenvalue weighted by atomic mass is 35.5. The first kappa shape index (κ1) is 31.0. The Morgan fingerprint density at radius 1 is 1.02 bits per heavy atom. The maximum atomic E-state index is 14.8. The third-order valence-corrected chi connectivity index (χ3v) is 10.1. The largest absolute Gasteiger partial charge is 0.465 e. The van der Waals surface area contributed by atoms with Crippen molar-refractivity contribution in [2.24, 2.45) is 0 Å². The van der Waals surface area contributed by atoms with Crippen LogP contribution in [0.3, 0.4) is 0 Å². The van der Waals surface area contributed by atoms with Crippen LogP contribution in [-0.4, -0.2) is 30.5 Å². The zero-order chi connectivity index (χ0) is 32.7. The van der Waals surface area contributed by atoms with E-state index in [1.54, 1.807) is 47.8 Å². The molecule has 0 fully saturated rings. The van der Waals surface area contributed by atoms with Crippen molar-refractivity contribution in [2.75, 3.05) is 7.11 Å². The smallest absolute Gasteiger partial charge is 0.337 e. The fourth-order valence-electron chi connectivity index (χ4n) is 5.20. The molecular weight excluding hydrogens is 659 g/mol. The molecule has 0 saturated carbocycles. The van der Waals surface area contributed by atoms with Gasteiger partial charge in [-0.1, -0.05) is 41.9 Å². The topological polar surface area (TPSA) is 82.6 Å². The minimum atomic E-state index is -4.56. The monoisotopic (exact) mass is 677 g/mol. The summed E-state index contributed by atoms with van der Waals surface area (Å²) in [4.78, 5) is 18.9. The van der Waals surface area contributed by atoms with Crippen molar-refractivity contribution < 1.29 is 31.1 Å². The number of esters is 1. The van der Waals surface area contributed by atoms with Gasteiger partial charge in [0.2, 0.25) is 5.00 Å². The number of rotatable bonds is 7. The van der Waals surface area contributed by atoms with Gasteiger partial charge in [0, 0.05) is 38.9 Å². The number of methoxy groups -OCH3 is 1. The molecule has 0 aliphatic carbocycles. The lowest BCUT2D eigenvalue weighted by Gasteiger charge is -2.15. The second kappa shape index (κ2) is 12.1. The van der Waals surface area contributed by atoms with Gasteiger partial charge in [-0.15, -0.1) is 0 Å². The van der Waals surface area contributed by atoms with E-state index in [1.807, 2.05) is 0 Å². The van der Waals surface area contributed by atoms with Crippen LogP contribution >= 0.6 is 22.9 Å². The van der Waals surface area contributed by atoms with Crippen LogP contribution in [0.1, 0.15) is 22.5 Å². The molecule has 0 aliphatic heterocycles. The van der Waals surface area contributed by atoms with Crippen LogP contribution in [0, 0.1) is 12.4 Å². The summed E-state index contributed by atoms with van der Waals surface area (Å²) in [6.07, 6.45) is -2.06. The lowest BCUT2D eigenvalue weighted by molar-refractivity contribution is 0.0600. The van der Waals surface area contributed by atoms with E-state index in [1.165, 1.54) is 25.3 Å². The van der Waals surface area contributed by atoms with E-state index < -0.39 is 33.9 Å². The van der Waals surface area contributed by atoms with E-state index in [4.69, 9.17) is 22.9 Å². The lowest BCUT2D eigenvalue weighted by Crippen LogP contribution is -2.15. The van der Waals surface area contributed by atoms with Crippen LogP contribution < -0.4 is 0 Å². The van der Waals surface area contributed by atoms with Crippen molar-refractivity contribution in [3.05, 3.63) is 124 Å². The number of fused-ring (bicyclic) bond motifs is 1. The molecule has 0 unspecified atom stereocenters. The van der Waals surface area contributed by atoms with Crippen molar-refractivity contribution >= 4 is 54.8 Å². The lowest BCUT2D eigenvalue weighted by atomic mass is 9.96. The molecule has 3 aromatic carbocycles. The Labute approximate surface area is 270 Å². The fraction of sp³-hybridized carbons (Fsp3) is 0.0606. The zero-order valence-electron chi connectivity index (χ0n) is 23.5. The van der Waals surface area contributed by atoms with Gasteiger partial charge in [-0.25, -0.2) is 35.2 Å². The summed E-state index contributed by atoms with van der Waals surface area (Å²) < 4.78 is 75.9. The van der Waals surface area contributed by atoms with Crippen molar-refractivity contribution in [3.63, 3.8) is 0 Å². The van der Waals surface area contributed by atoms with Gasteiger partial charge in [-0.3, -0.25) is 4.98 Å². The highest BCUT2D eigenvalue weighted by Gasteiger charge is 2.31. The molecule has 0 spiro atoms. The number of pyridine rings is 1. The Kier molecular flexibility index (Phi) is 8.16. The predicted octanol–water partition coefficient (Wildman–Crippen LogP) is 9.40. The number of carbonyl (C=O) groups excluding carboxylic acids is 1. The molecule has 0 radical (unpaired) electrons. The standard InChI is InChI=1S/C33H19ClF3N3O4S2/c1-38-32-24(12-13-45-32)29-25-16-21(35)7-11-28(25)40(46(42,43)22-8-10-27(31(36)37)39-17-22)30(29)19-5-3-4-18(14-19)23-9-6-20(15-26(23)34)33(41)44-2/h3-17,31H,2H3. The van der Waals surface area contributed by atoms with E-state index >= 15 is 0 Å². The van der Waals surface area contributed by atoms with Crippen LogP contribution in [0.2, 0.25) is 5.02 Å². The maximum Gasteiger partial charge on any atom is 0.337 e. The number of alkyl halides is 2. The quantitative estimate of drug-likeness (QED) is 0.124. The molecule has 13 heteroatoms. The van der Waals surface area contributed by atoms with Crippen LogP contribution in [0.15, 0.2) is 95.3 Å². The zero-order valence-corrected chi connectivity index (χ0v) is 25.9. The second-order valence-corrected chi connectivity index (χ2v) is 13.0. The molecule has 6 rings (SSSR count). The third-order valence-electron chi connectivity index (χ3n) is 7.26. The van der Waals surface area contributed by atoms with Crippen LogP contribution in [0.25, 0.3) is 49.3 Å². The number of carbonyl (C=O) groups is 1. The first-order valence-corrected chi connectivity index (χ1v) is 16.0. The average molecular weight is 678 g/mol. The number of thiophene rings is 1. The molecule has 46 heavy (non-hydrogen) atoms. The Balaban J connectivity index is 1.68. The number of ether oxygens (including phenoxy) is 1. The minimum Gasteiger partial charge on any atom is -0.465 e. The number of benzene rings is 3. The molecular formula is C33H19ClF3N3O4S2. The van der Waals surface area contributed by atoms with E-state index in [0.29, 0.717) is 22.3 Å². The highest BCUT2D eigenvalue weighted by Crippen LogP contribution is 2.48. The van der Waals surface area contributed by atoms with Gasteiger partial charge in [-0.2, -0.15) is 11.3 Å². The SMILES string of the molecule is [C-]#[N+]c1sccc1-c1c(-c2cccc(-c3ccc(C(=O)OC)cc3Cl)c2)n(S(=O)(=O)c2ccc(C(F)F)nc2)c2ccc(F)cc12. The Morgan fingerprint density at radius 2 is 1.80 bits per heavy atom. The molecule has 0 atom stereocenters. The second-order valence-electron chi connectivity index (χ2n) is 9.89. The summed E-state index contributed by atoms with van der Waals surface area (Å²) in [5, 5.41) is 2.37. The van der Waals surface area contributed by atoms with E-state index in [9.17, 15) is 26.4 Å². The Hall–Kier alpha value is -4.96. The highest BCUT2D eigenvalue weighted by molar-refractivity contribution is 7.90. The molecule has 0 aliphatic rings. The molecule has 230 valence electrons. The van der Waals surface area contributed by atoms with Gasteiger partial charge >= 0.3 is 5.97 Å². The molecule has 3 heterocycles. The number of hydrogen-bond acceptors (Lipinski definition) is 6. The summed E-state index contributed by atoms with van der Waals surface area (Å²) in [5.74, 6) is -1.21. The normalized spacial score (nSPS) is 11.6. The Morgan fingerprint density at radius 3 is 2.48 bits per heavy atom. The summed E-state index contributed by atoms with van der Waals surface area (Å²) in [6, 6.07) is 18.6. The van der Waals surface area contributed by atoms with Crippen molar-refractivity contribution in [1.82, 2.24) is 8.96 Å². The molecule has 0 bridgehead atoms. The van der Waals surface area contributed by atoms with E-state index in [2.05, 4.69) is 9.83 Å². The molecule has 3 aromatic heterocycles. The fourth-order valence-corrected chi connectivity index (χ4v) is 7.67. The van der Waals surface area contributed by atoms with Gasteiger partial charge in [-0.05, 0) is 59.5 Å². The van der Waals surface area contributed by atoms with Crippen LogP contribution in [0.4, 0.5) is 18.2 Å². The Bertz CT molecular complexity index is 2310. The first-order chi connectivity index (χ1) is 22.0. The van der Waals surface area contributed by atoms with Crippen molar-refractivity contribution in [1.29, 1.82) is 0 Å². The summed E-state index contributed by atoms with van der Waals surface area (Å²) in [6.45, 7) is 7.75. The molecule has 0 saturated heterocycles. The number of halogens is 4. The minimum absolute atomic E-state index is 0.0948. The number of hydrogen-bond donors (Lipinski definition) is 0. The van der Waals surface area contributed by atoms with Gasteiger partial charge in [0.05, 0.1) is 30.5 Å². The van der Waals surface area contributed by atoms with Gasteiger partial charge < -0.3 is 4.74 Å². The van der Waals surface area contributed by atoms with Gasteiger partial charge in [0.1, 0.15) is 16.4 Å². The summed E-state index contributed by atoms with van der Waals surface area (Å²) in [7, 11) is -3.31. The predicted molar refractivity (Wildman–Crippen MR) is 170 cm³/mol. The average Bonchev–Trinajstić information content (AvgIpc) is 3.66. The number of aromatic nitrogens is 2. The van der Waals surface area contributed by atoms with Gasteiger partial charge in [0.25, 0.3) is 16.4 Å². The molecule has 6 aromatic rings. The summed E-state index contributed by atoms with van der Waals surface area (Å²) >= 11 is 7.72. The molecule has 0 amide bonds. The van der Waals surface area contributed by atoms with Gasteiger partial charge in [0.15, 0.2) is 0 Å². The van der Waals surface area contributed by atoms with Crippen LogP contribution in [0.5, 0.6) is 0 Å². The summed E-state index contributed by atoms with van der Waals surface area (Å²) in [5.41, 5.74) is 1.95. The third kappa shape index (κ3) is 5.32. The molecule has 0 N–H and O–H groups in total. The first-order valence-electron chi connectivity index (χ1n) is 13.3. The van der Waals surface area contributed by atoms with Crippen molar-refractivity contribution in [3.8, 4) is 33.5 Å². The van der Waals surface area contributed by atoms with Crippen LogP contribution in [-0.2, 0) is 14.8 Å².